The van der Waals surface area contributed by atoms with E-state index in [0.717, 1.165) is 5.69 Å². The summed E-state index contributed by atoms with van der Waals surface area (Å²) >= 11 is 0. The number of nitrogens with zero attached hydrogens (tertiary/aromatic N) is 1. The van der Waals surface area contributed by atoms with Gasteiger partial charge in [-0.3, -0.25) is 10.3 Å². The number of aryl methyl sites for hydroxylation is 1. The number of carbonyl (C=O) groups excluding carboxylic acids is 1. The van der Waals surface area contributed by atoms with Crippen molar-refractivity contribution in [2.75, 3.05) is 11.9 Å². The number of amides is 1. The highest BCUT2D eigenvalue weighted by atomic mass is 16.5. The molecule has 0 radical (unpaired) electrons. The van der Waals surface area contributed by atoms with E-state index >= 15 is 0 Å². The minimum atomic E-state index is -0.436. The number of hydrogen-bond acceptors (Lipinski definition) is 3. The molecule has 0 bridgehead atoms. The van der Waals surface area contributed by atoms with Crippen LogP contribution in [0.25, 0.3) is 0 Å². The second-order valence-electron chi connectivity index (χ2n) is 3.81. The van der Waals surface area contributed by atoms with Crippen LogP contribution in [-0.2, 0) is 4.74 Å². The summed E-state index contributed by atoms with van der Waals surface area (Å²) in [5.74, 6) is 0.340. The van der Waals surface area contributed by atoms with Crippen molar-refractivity contribution in [1.82, 2.24) is 4.98 Å². The van der Waals surface area contributed by atoms with Crippen molar-refractivity contribution in [1.29, 1.82) is 0 Å². The molecule has 0 fully saturated rings. The highest BCUT2D eigenvalue weighted by Crippen LogP contribution is 2.06. The number of rotatable bonds is 3. The number of nitrogens with one attached hydrogen (secondary N) is 1. The Morgan fingerprint density at radius 2 is 2.27 bits per heavy atom. The van der Waals surface area contributed by atoms with Crippen LogP contribution in [-0.4, -0.2) is 17.7 Å². The Balaban J connectivity index is 2.41. The largest absolute Gasteiger partial charge is 0.449 e. The number of carbonyl (C=O) groups is 1. The molecule has 1 heterocycles. The van der Waals surface area contributed by atoms with Gasteiger partial charge in [-0.2, -0.15) is 0 Å². The van der Waals surface area contributed by atoms with Gasteiger partial charge in [0.25, 0.3) is 0 Å². The maximum Gasteiger partial charge on any atom is 0.411 e. The molecular formula is C11H16N2O2. The van der Waals surface area contributed by atoms with Gasteiger partial charge in [0.2, 0.25) is 0 Å². The van der Waals surface area contributed by atoms with Crippen LogP contribution in [0.1, 0.15) is 19.5 Å². The van der Waals surface area contributed by atoms with E-state index in [2.05, 4.69) is 10.3 Å². The average molecular weight is 208 g/mol. The number of anilines is 1. The Hall–Kier alpha value is -1.58. The standard InChI is InChI=1S/C11H16N2O2/c1-8(2)7-15-11(14)13-10-5-4-9(3)12-6-10/h4-6,8H,7H2,1-3H3,(H,13,14). The zero-order chi connectivity index (χ0) is 11.3. The summed E-state index contributed by atoms with van der Waals surface area (Å²) in [4.78, 5) is 15.3. The predicted octanol–water partition coefficient (Wildman–Crippen LogP) is 2.59. The fourth-order valence-electron chi connectivity index (χ4n) is 0.938. The van der Waals surface area contributed by atoms with Gasteiger partial charge >= 0.3 is 6.09 Å². The minimum Gasteiger partial charge on any atom is -0.449 e. The molecule has 82 valence electrons. The van der Waals surface area contributed by atoms with Gasteiger partial charge in [0.1, 0.15) is 0 Å². The summed E-state index contributed by atoms with van der Waals surface area (Å²) < 4.78 is 4.96. The quantitative estimate of drug-likeness (QED) is 0.830. The highest BCUT2D eigenvalue weighted by molar-refractivity contribution is 5.84. The van der Waals surface area contributed by atoms with Crippen molar-refractivity contribution in [3.8, 4) is 0 Å². The molecule has 0 aliphatic heterocycles. The van der Waals surface area contributed by atoms with Crippen LogP contribution >= 0.6 is 0 Å². The summed E-state index contributed by atoms with van der Waals surface area (Å²) in [6.45, 7) is 6.29. The summed E-state index contributed by atoms with van der Waals surface area (Å²) in [6, 6.07) is 3.62. The Morgan fingerprint density at radius 1 is 1.53 bits per heavy atom. The third-order valence-corrected chi connectivity index (χ3v) is 1.71. The summed E-state index contributed by atoms with van der Waals surface area (Å²) in [7, 11) is 0. The molecule has 1 N–H and O–H groups in total. The zero-order valence-corrected chi connectivity index (χ0v) is 9.28. The molecule has 1 aromatic heterocycles. The second-order valence-corrected chi connectivity index (χ2v) is 3.81. The van der Waals surface area contributed by atoms with E-state index in [9.17, 15) is 4.79 Å². The molecular weight excluding hydrogens is 192 g/mol. The minimum absolute atomic E-state index is 0.340. The van der Waals surface area contributed by atoms with Crippen molar-refractivity contribution in [3.05, 3.63) is 24.0 Å². The van der Waals surface area contributed by atoms with Gasteiger partial charge in [0.15, 0.2) is 0 Å². The van der Waals surface area contributed by atoms with Gasteiger partial charge in [0, 0.05) is 5.69 Å². The maximum atomic E-state index is 11.2. The van der Waals surface area contributed by atoms with Crippen LogP contribution in [0.5, 0.6) is 0 Å². The van der Waals surface area contributed by atoms with Crippen LogP contribution in [0.4, 0.5) is 10.5 Å². The normalized spacial score (nSPS) is 10.1. The first-order valence-electron chi connectivity index (χ1n) is 4.94. The van der Waals surface area contributed by atoms with Crippen LogP contribution in [0.15, 0.2) is 18.3 Å². The first-order valence-corrected chi connectivity index (χ1v) is 4.94. The van der Waals surface area contributed by atoms with Crippen molar-refractivity contribution in [2.24, 2.45) is 5.92 Å². The highest BCUT2D eigenvalue weighted by Gasteiger charge is 2.04. The van der Waals surface area contributed by atoms with E-state index in [1.165, 1.54) is 0 Å². The van der Waals surface area contributed by atoms with E-state index in [0.29, 0.717) is 18.2 Å². The lowest BCUT2D eigenvalue weighted by atomic mass is 10.2. The molecule has 0 aliphatic rings. The maximum absolute atomic E-state index is 11.2. The first-order chi connectivity index (χ1) is 7.08. The number of ether oxygens (including phenoxy) is 1. The lowest BCUT2D eigenvalue weighted by Crippen LogP contribution is -2.16. The molecule has 4 heteroatoms. The van der Waals surface area contributed by atoms with Crippen LogP contribution in [0.2, 0.25) is 0 Å². The monoisotopic (exact) mass is 208 g/mol. The topological polar surface area (TPSA) is 51.2 Å². The van der Waals surface area contributed by atoms with Gasteiger partial charge in [-0.15, -0.1) is 0 Å². The lowest BCUT2D eigenvalue weighted by Gasteiger charge is -2.08. The molecule has 1 amide bonds. The van der Waals surface area contributed by atoms with Crippen LogP contribution in [0, 0.1) is 12.8 Å². The van der Waals surface area contributed by atoms with Crippen LogP contribution < -0.4 is 5.32 Å². The van der Waals surface area contributed by atoms with E-state index in [1.54, 1.807) is 12.3 Å². The van der Waals surface area contributed by atoms with E-state index in [1.807, 2.05) is 26.8 Å². The first kappa shape index (κ1) is 11.5. The molecule has 0 unspecified atom stereocenters. The Labute approximate surface area is 89.7 Å². The predicted molar refractivity (Wildman–Crippen MR) is 58.8 cm³/mol. The molecule has 0 saturated carbocycles. The van der Waals surface area contributed by atoms with Gasteiger partial charge < -0.3 is 4.74 Å². The molecule has 0 aromatic carbocycles. The van der Waals surface area contributed by atoms with E-state index in [4.69, 9.17) is 4.74 Å². The Bertz CT molecular complexity index is 320. The summed E-state index contributed by atoms with van der Waals surface area (Å²) in [5.41, 5.74) is 1.56. The fraction of sp³-hybridized carbons (Fsp3) is 0.455. The fourth-order valence-corrected chi connectivity index (χ4v) is 0.938. The molecule has 4 nitrogen and oxygen atoms in total. The van der Waals surface area contributed by atoms with E-state index in [-0.39, 0.29) is 0 Å². The lowest BCUT2D eigenvalue weighted by molar-refractivity contribution is 0.147. The zero-order valence-electron chi connectivity index (χ0n) is 9.28. The van der Waals surface area contributed by atoms with E-state index < -0.39 is 6.09 Å². The smallest absolute Gasteiger partial charge is 0.411 e. The summed E-state index contributed by atoms with van der Waals surface area (Å²) in [6.07, 6.45) is 1.17. The summed E-state index contributed by atoms with van der Waals surface area (Å²) in [5, 5.41) is 2.60. The molecule has 0 atom stereocenters. The van der Waals surface area contributed by atoms with Gasteiger partial charge in [-0.05, 0) is 25.0 Å². The van der Waals surface area contributed by atoms with Crippen molar-refractivity contribution in [3.63, 3.8) is 0 Å². The molecule has 0 spiro atoms. The SMILES string of the molecule is Cc1ccc(NC(=O)OCC(C)C)cn1. The van der Waals surface area contributed by atoms with Gasteiger partial charge in [-0.25, -0.2) is 4.79 Å². The number of hydrogen-bond donors (Lipinski definition) is 1. The molecule has 1 aromatic rings. The molecule has 1 rings (SSSR count). The van der Waals surface area contributed by atoms with Crippen molar-refractivity contribution in [2.45, 2.75) is 20.8 Å². The Kier molecular flexibility index (Phi) is 4.09. The number of pyridine rings is 1. The van der Waals surface area contributed by atoms with Crippen LogP contribution in [0.3, 0.4) is 0 Å². The van der Waals surface area contributed by atoms with Gasteiger partial charge in [0.05, 0.1) is 18.5 Å². The third-order valence-electron chi connectivity index (χ3n) is 1.71. The molecule has 0 saturated heterocycles. The Morgan fingerprint density at radius 3 is 2.80 bits per heavy atom. The number of aromatic nitrogens is 1. The molecule has 15 heavy (non-hydrogen) atoms. The van der Waals surface area contributed by atoms with Crippen molar-refractivity contribution >= 4 is 11.8 Å². The molecule has 0 aliphatic carbocycles. The average Bonchev–Trinajstić information content (AvgIpc) is 2.19. The second kappa shape index (κ2) is 5.34. The van der Waals surface area contributed by atoms with Gasteiger partial charge in [-0.1, -0.05) is 13.8 Å². The van der Waals surface area contributed by atoms with Crippen molar-refractivity contribution < 1.29 is 9.53 Å². The third kappa shape index (κ3) is 4.44.